The number of carbonyl (C=O) groups excluding carboxylic acids is 2. The Morgan fingerprint density at radius 3 is 1.92 bits per heavy atom. The van der Waals surface area contributed by atoms with Crippen LogP contribution < -0.4 is 9.47 Å². The van der Waals surface area contributed by atoms with Crippen molar-refractivity contribution in [3.8, 4) is 17.2 Å². The van der Waals surface area contributed by atoms with Crippen LogP contribution in [0.25, 0.3) is 0 Å². The number of aromatic hydroxyl groups is 1. The highest BCUT2D eigenvalue weighted by molar-refractivity contribution is 5.93. The van der Waals surface area contributed by atoms with Gasteiger partial charge in [0.15, 0.2) is 0 Å². The first-order valence-corrected chi connectivity index (χ1v) is 10.9. The standard InChI is InChI=1S/C28H22O8/c1-28(2,18-6-10-20(29)11-7-18)19-8-12-21(13-9-19)34-26(32)17-4-3-5-22(16-17)35-27(33)24-15-14-23(36-24)25(30)31/h3-16,29H,1-2H3,(H,30,31). The minimum Gasteiger partial charge on any atom is -0.508 e. The van der Waals surface area contributed by atoms with E-state index in [1.165, 1.54) is 30.3 Å². The molecule has 0 aliphatic heterocycles. The SMILES string of the molecule is CC(C)(c1ccc(O)cc1)c1ccc(OC(=O)c2cccc(OC(=O)c3ccc(C(=O)O)o3)c2)cc1. The van der Waals surface area contributed by atoms with Gasteiger partial charge in [-0.05, 0) is 65.7 Å². The zero-order valence-electron chi connectivity index (χ0n) is 19.4. The second kappa shape index (κ2) is 9.79. The molecule has 0 bridgehead atoms. The largest absolute Gasteiger partial charge is 0.508 e. The molecule has 36 heavy (non-hydrogen) atoms. The monoisotopic (exact) mass is 486 g/mol. The third-order valence-corrected chi connectivity index (χ3v) is 5.67. The Balaban J connectivity index is 1.43. The number of ether oxygens (including phenoxy) is 2. The summed E-state index contributed by atoms with van der Waals surface area (Å²) in [6.45, 7) is 4.11. The minimum absolute atomic E-state index is 0.0636. The van der Waals surface area contributed by atoms with Crippen LogP contribution in [0, 0.1) is 0 Å². The van der Waals surface area contributed by atoms with Crippen molar-refractivity contribution in [2.45, 2.75) is 19.3 Å². The number of rotatable bonds is 7. The van der Waals surface area contributed by atoms with Gasteiger partial charge in [0.25, 0.3) is 0 Å². The molecule has 0 fully saturated rings. The Bertz CT molecular complexity index is 1410. The number of hydrogen-bond acceptors (Lipinski definition) is 7. The van der Waals surface area contributed by atoms with E-state index in [1.54, 1.807) is 24.3 Å². The summed E-state index contributed by atoms with van der Waals surface area (Å²) in [5.74, 6) is -2.94. The fourth-order valence-electron chi connectivity index (χ4n) is 3.56. The molecule has 0 unspecified atom stereocenters. The lowest BCUT2D eigenvalue weighted by atomic mass is 9.78. The van der Waals surface area contributed by atoms with Gasteiger partial charge in [-0.25, -0.2) is 14.4 Å². The van der Waals surface area contributed by atoms with E-state index >= 15 is 0 Å². The van der Waals surface area contributed by atoms with Crippen LogP contribution >= 0.6 is 0 Å². The Morgan fingerprint density at radius 2 is 1.31 bits per heavy atom. The highest BCUT2D eigenvalue weighted by Gasteiger charge is 2.23. The van der Waals surface area contributed by atoms with Crippen molar-refractivity contribution in [1.29, 1.82) is 0 Å². The molecule has 1 heterocycles. The minimum atomic E-state index is -1.31. The summed E-state index contributed by atoms with van der Waals surface area (Å²) < 4.78 is 15.6. The van der Waals surface area contributed by atoms with Crippen molar-refractivity contribution in [2.24, 2.45) is 0 Å². The van der Waals surface area contributed by atoms with E-state index in [0.717, 1.165) is 17.2 Å². The molecular formula is C28H22O8. The lowest BCUT2D eigenvalue weighted by molar-refractivity contribution is 0.0642. The maximum atomic E-state index is 12.7. The molecule has 3 aromatic carbocycles. The summed E-state index contributed by atoms with van der Waals surface area (Å²) in [5, 5.41) is 18.4. The molecule has 8 nitrogen and oxygen atoms in total. The van der Waals surface area contributed by atoms with Crippen molar-refractivity contribution in [3.63, 3.8) is 0 Å². The fourth-order valence-corrected chi connectivity index (χ4v) is 3.56. The van der Waals surface area contributed by atoms with E-state index in [2.05, 4.69) is 13.8 Å². The van der Waals surface area contributed by atoms with Crippen LogP contribution in [0.3, 0.4) is 0 Å². The molecule has 0 atom stereocenters. The topological polar surface area (TPSA) is 123 Å². The van der Waals surface area contributed by atoms with Gasteiger partial charge in [0.1, 0.15) is 17.2 Å². The second-order valence-electron chi connectivity index (χ2n) is 8.47. The zero-order valence-corrected chi connectivity index (χ0v) is 19.4. The Kier molecular flexibility index (Phi) is 6.60. The van der Waals surface area contributed by atoms with E-state index in [1.807, 2.05) is 24.3 Å². The molecule has 182 valence electrons. The first kappa shape index (κ1) is 24.3. The summed E-state index contributed by atoms with van der Waals surface area (Å²) >= 11 is 0. The van der Waals surface area contributed by atoms with Gasteiger partial charge in [-0.15, -0.1) is 0 Å². The maximum Gasteiger partial charge on any atom is 0.379 e. The summed E-state index contributed by atoms with van der Waals surface area (Å²) in [5.41, 5.74) is 1.82. The van der Waals surface area contributed by atoms with Crippen LogP contribution in [-0.2, 0) is 5.41 Å². The summed E-state index contributed by atoms with van der Waals surface area (Å²) in [4.78, 5) is 35.8. The lowest BCUT2D eigenvalue weighted by Gasteiger charge is -2.26. The number of carbonyl (C=O) groups is 3. The number of esters is 2. The summed E-state index contributed by atoms with van der Waals surface area (Å²) in [7, 11) is 0. The Morgan fingerprint density at radius 1 is 0.722 bits per heavy atom. The first-order valence-electron chi connectivity index (χ1n) is 10.9. The molecule has 8 heteroatoms. The predicted molar refractivity (Wildman–Crippen MR) is 129 cm³/mol. The highest BCUT2D eigenvalue weighted by Crippen LogP contribution is 2.33. The van der Waals surface area contributed by atoms with Crippen molar-refractivity contribution < 1.29 is 38.5 Å². The summed E-state index contributed by atoms with van der Waals surface area (Å²) in [6, 6.07) is 22.3. The first-order chi connectivity index (χ1) is 17.1. The highest BCUT2D eigenvalue weighted by atomic mass is 16.6. The van der Waals surface area contributed by atoms with Crippen LogP contribution in [-0.4, -0.2) is 28.1 Å². The maximum absolute atomic E-state index is 12.7. The van der Waals surface area contributed by atoms with Gasteiger partial charge in [-0.2, -0.15) is 0 Å². The van der Waals surface area contributed by atoms with Gasteiger partial charge >= 0.3 is 17.9 Å². The van der Waals surface area contributed by atoms with Crippen molar-refractivity contribution in [2.75, 3.05) is 0 Å². The quantitative estimate of drug-likeness (QED) is 0.261. The number of phenolic OH excluding ortho intramolecular Hbond substituents is 1. The predicted octanol–water partition coefficient (Wildman–Crippen LogP) is 5.45. The molecule has 0 aliphatic rings. The van der Waals surface area contributed by atoms with Gasteiger partial charge in [0.05, 0.1) is 5.56 Å². The number of benzene rings is 3. The van der Waals surface area contributed by atoms with Crippen LogP contribution in [0.5, 0.6) is 17.2 Å². The zero-order chi connectivity index (χ0) is 25.9. The van der Waals surface area contributed by atoms with E-state index in [0.29, 0.717) is 5.75 Å². The molecule has 0 saturated carbocycles. The van der Waals surface area contributed by atoms with Crippen molar-refractivity contribution in [3.05, 3.63) is 113 Å². The van der Waals surface area contributed by atoms with Crippen LogP contribution in [0.2, 0.25) is 0 Å². The fraction of sp³-hybridized carbons (Fsp3) is 0.107. The van der Waals surface area contributed by atoms with Crippen molar-refractivity contribution in [1.82, 2.24) is 0 Å². The Labute approximate surface area is 206 Å². The third-order valence-electron chi connectivity index (χ3n) is 5.67. The number of furan rings is 1. The lowest BCUT2D eigenvalue weighted by Crippen LogP contribution is -2.18. The van der Waals surface area contributed by atoms with E-state index in [9.17, 15) is 19.5 Å². The average Bonchev–Trinajstić information content (AvgIpc) is 3.36. The number of aromatic carboxylic acids is 1. The van der Waals surface area contributed by atoms with Crippen LogP contribution in [0.4, 0.5) is 0 Å². The molecule has 1 aromatic heterocycles. The molecule has 4 rings (SSSR count). The van der Waals surface area contributed by atoms with Gasteiger partial charge < -0.3 is 24.1 Å². The van der Waals surface area contributed by atoms with Crippen molar-refractivity contribution >= 4 is 17.9 Å². The van der Waals surface area contributed by atoms with Crippen LogP contribution in [0.15, 0.2) is 89.3 Å². The van der Waals surface area contributed by atoms with Gasteiger partial charge in [0, 0.05) is 5.41 Å². The van der Waals surface area contributed by atoms with Gasteiger partial charge in [-0.1, -0.05) is 44.2 Å². The molecule has 0 amide bonds. The van der Waals surface area contributed by atoms with E-state index in [-0.39, 0.29) is 28.2 Å². The van der Waals surface area contributed by atoms with E-state index < -0.39 is 23.7 Å². The molecule has 2 N–H and O–H groups in total. The molecule has 0 spiro atoms. The smallest absolute Gasteiger partial charge is 0.379 e. The van der Waals surface area contributed by atoms with Gasteiger partial charge in [-0.3, -0.25) is 0 Å². The second-order valence-corrected chi connectivity index (χ2v) is 8.47. The van der Waals surface area contributed by atoms with E-state index in [4.69, 9.17) is 19.0 Å². The number of carboxylic acid groups (broad SMARTS) is 1. The Hall–Kier alpha value is -4.85. The summed E-state index contributed by atoms with van der Waals surface area (Å²) in [6.07, 6.45) is 0. The average molecular weight is 486 g/mol. The molecular weight excluding hydrogens is 464 g/mol. The number of phenols is 1. The molecule has 0 radical (unpaired) electrons. The normalized spacial score (nSPS) is 11.1. The molecule has 0 aliphatic carbocycles. The number of hydrogen-bond donors (Lipinski definition) is 2. The molecule has 4 aromatic rings. The van der Waals surface area contributed by atoms with Gasteiger partial charge in [0.2, 0.25) is 11.5 Å². The third kappa shape index (κ3) is 5.28. The molecule has 0 saturated heterocycles. The van der Waals surface area contributed by atoms with Crippen LogP contribution in [0.1, 0.15) is 56.4 Å². The number of carboxylic acids is 1.